The molecule has 2 aliphatic heterocycles. The third-order valence-corrected chi connectivity index (χ3v) is 6.82. The van der Waals surface area contributed by atoms with E-state index in [0.29, 0.717) is 17.7 Å². The maximum atomic E-state index is 13.0. The molecule has 2 aromatic rings. The molecular formula is C21H23N3O4S. The summed E-state index contributed by atoms with van der Waals surface area (Å²) in [6.45, 7) is 3.54. The molecule has 29 heavy (non-hydrogen) atoms. The summed E-state index contributed by atoms with van der Waals surface area (Å²) in [6, 6.07) is 8.90. The lowest BCUT2D eigenvalue weighted by atomic mass is 9.99. The number of amides is 3. The van der Waals surface area contributed by atoms with Crippen molar-refractivity contribution in [1.82, 2.24) is 14.8 Å². The van der Waals surface area contributed by atoms with Gasteiger partial charge in [-0.3, -0.25) is 14.5 Å². The SMILES string of the molecule is COc1ccc(-n2c(C)cc(C(=O)CN3C(=O)NC4(CCSC4)C3=O)c2C)cc1. The minimum atomic E-state index is -0.831. The number of hydrogen-bond donors (Lipinski definition) is 1. The van der Waals surface area contributed by atoms with Gasteiger partial charge in [0.1, 0.15) is 11.3 Å². The van der Waals surface area contributed by atoms with Crippen LogP contribution in [0.4, 0.5) is 4.79 Å². The zero-order valence-corrected chi connectivity index (χ0v) is 17.5. The van der Waals surface area contributed by atoms with Crippen molar-refractivity contribution in [2.45, 2.75) is 25.8 Å². The summed E-state index contributed by atoms with van der Waals surface area (Å²) in [7, 11) is 1.61. The van der Waals surface area contributed by atoms with Crippen molar-refractivity contribution in [3.05, 3.63) is 47.3 Å². The lowest BCUT2D eigenvalue weighted by Gasteiger charge is -2.19. The molecule has 1 N–H and O–H groups in total. The molecule has 152 valence electrons. The Morgan fingerprint density at radius 1 is 1.24 bits per heavy atom. The number of nitrogens with zero attached hydrogens (tertiary/aromatic N) is 2. The molecular weight excluding hydrogens is 390 g/mol. The highest BCUT2D eigenvalue weighted by Gasteiger charge is 2.53. The van der Waals surface area contributed by atoms with Crippen molar-refractivity contribution in [1.29, 1.82) is 0 Å². The maximum Gasteiger partial charge on any atom is 0.325 e. The summed E-state index contributed by atoms with van der Waals surface area (Å²) in [5.74, 6) is 1.62. The van der Waals surface area contributed by atoms with Gasteiger partial charge in [0.2, 0.25) is 0 Å². The van der Waals surface area contributed by atoms with Gasteiger partial charge in [0.25, 0.3) is 5.91 Å². The summed E-state index contributed by atoms with van der Waals surface area (Å²) >= 11 is 1.64. The van der Waals surface area contributed by atoms with Crippen LogP contribution >= 0.6 is 11.8 Å². The van der Waals surface area contributed by atoms with Gasteiger partial charge in [-0.1, -0.05) is 0 Å². The van der Waals surface area contributed by atoms with Crippen LogP contribution in [-0.2, 0) is 4.79 Å². The van der Waals surface area contributed by atoms with Crippen molar-refractivity contribution in [2.24, 2.45) is 0 Å². The maximum absolute atomic E-state index is 13.0. The standard InChI is InChI=1S/C21H23N3O4S/c1-13-10-17(14(2)24(13)15-4-6-16(28-3)7-5-15)18(25)11-23-19(26)21(22-20(23)27)8-9-29-12-21/h4-7,10H,8-9,11-12H2,1-3H3,(H,22,27). The Hall–Kier alpha value is -2.74. The smallest absolute Gasteiger partial charge is 0.325 e. The van der Waals surface area contributed by atoms with E-state index in [1.807, 2.05) is 48.7 Å². The average molecular weight is 413 g/mol. The molecule has 1 atom stereocenters. The number of ketones is 1. The van der Waals surface area contributed by atoms with Crippen LogP contribution in [0.15, 0.2) is 30.3 Å². The minimum absolute atomic E-state index is 0.246. The molecule has 4 rings (SSSR count). The number of urea groups is 1. The number of imide groups is 1. The molecule has 1 spiro atoms. The van der Waals surface area contributed by atoms with E-state index in [4.69, 9.17) is 4.74 Å². The zero-order valence-electron chi connectivity index (χ0n) is 16.7. The molecule has 1 aromatic heterocycles. The molecule has 0 bridgehead atoms. The van der Waals surface area contributed by atoms with E-state index in [0.717, 1.165) is 33.5 Å². The Balaban J connectivity index is 1.58. The van der Waals surface area contributed by atoms with Gasteiger partial charge in [-0.15, -0.1) is 0 Å². The Morgan fingerprint density at radius 2 is 1.97 bits per heavy atom. The first-order valence-corrected chi connectivity index (χ1v) is 10.6. The summed E-state index contributed by atoms with van der Waals surface area (Å²) in [5, 5.41) is 2.80. The van der Waals surface area contributed by atoms with Crippen molar-refractivity contribution in [3.63, 3.8) is 0 Å². The fourth-order valence-electron chi connectivity index (χ4n) is 4.05. The van der Waals surface area contributed by atoms with Gasteiger partial charge in [-0.2, -0.15) is 11.8 Å². The molecule has 2 saturated heterocycles. The van der Waals surface area contributed by atoms with E-state index in [-0.39, 0.29) is 18.2 Å². The van der Waals surface area contributed by atoms with Gasteiger partial charge in [0.05, 0.1) is 13.7 Å². The lowest BCUT2D eigenvalue weighted by molar-refractivity contribution is -0.130. The van der Waals surface area contributed by atoms with Gasteiger partial charge in [0, 0.05) is 28.4 Å². The molecule has 2 aliphatic rings. The minimum Gasteiger partial charge on any atom is -0.497 e. The number of methoxy groups -OCH3 is 1. The molecule has 1 unspecified atom stereocenters. The second kappa shape index (κ2) is 7.26. The number of carbonyl (C=O) groups is 3. The van der Waals surface area contributed by atoms with Gasteiger partial charge in [-0.25, -0.2) is 4.79 Å². The number of thioether (sulfide) groups is 1. The molecule has 2 fully saturated rings. The molecule has 7 nitrogen and oxygen atoms in total. The van der Waals surface area contributed by atoms with Crippen LogP contribution in [0.3, 0.4) is 0 Å². The van der Waals surface area contributed by atoms with Gasteiger partial charge in [0.15, 0.2) is 5.78 Å². The zero-order chi connectivity index (χ0) is 20.8. The normalized spacial score (nSPS) is 21.1. The number of aryl methyl sites for hydroxylation is 1. The van der Waals surface area contributed by atoms with E-state index in [9.17, 15) is 14.4 Å². The Bertz CT molecular complexity index is 990. The second-order valence-corrected chi connectivity index (χ2v) is 8.55. The fourth-order valence-corrected chi connectivity index (χ4v) is 5.38. The lowest BCUT2D eigenvalue weighted by Crippen LogP contribution is -2.47. The number of carbonyl (C=O) groups excluding carboxylic acids is 3. The largest absolute Gasteiger partial charge is 0.497 e. The first kappa shape index (κ1) is 19.6. The van der Waals surface area contributed by atoms with E-state index < -0.39 is 11.6 Å². The van der Waals surface area contributed by atoms with E-state index in [2.05, 4.69) is 5.32 Å². The van der Waals surface area contributed by atoms with E-state index >= 15 is 0 Å². The molecule has 8 heteroatoms. The number of benzene rings is 1. The van der Waals surface area contributed by atoms with Crippen molar-refractivity contribution in [2.75, 3.05) is 25.2 Å². The summed E-state index contributed by atoms with van der Waals surface area (Å²) in [5.41, 5.74) is 2.27. The van der Waals surface area contributed by atoms with Crippen LogP contribution in [0.1, 0.15) is 28.2 Å². The van der Waals surface area contributed by atoms with Crippen LogP contribution in [0.25, 0.3) is 5.69 Å². The quantitative estimate of drug-likeness (QED) is 0.602. The number of Topliss-reactive ketones (excluding diaryl/α,β-unsaturated/α-hetero) is 1. The van der Waals surface area contributed by atoms with Crippen molar-refractivity contribution in [3.8, 4) is 11.4 Å². The third kappa shape index (κ3) is 3.21. The van der Waals surface area contributed by atoms with E-state index in [1.165, 1.54) is 0 Å². The highest BCUT2D eigenvalue weighted by atomic mass is 32.2. The molecule has 0 aliphatic carbocycles. The highest BCUT2D eigenvalue weighted by Crippen LogP contribution is 2.33. The Kier molecular flexibility index (Phi) is 4.90. The molecule has 0 saturated carbocycles. The predicted molar refractivity (Wildman–Crippen MR) is 111 cm³/mol. The summed E-state index contributed by atoms with van der Waals surface area (Å²) in [6.07, 6.45) is 0.610. The van der Waals surface area contributed by atoms with Gasteiger partial charge in [-0.05, 0) is 56.4 Å². The van der Waals surface area contributed by atoms with Crippen LogP contribution in [-0.4, -0.2) is 57.9 Å². The van der Waals surface area contributed by atoms with Crippen LogP contribution < -0.4 is 10.1 Å². The molecule has 3 heterocycles. The van der Waals surface area contributed by atoms with Gasteiger partial charge >= 0.3 is 6.03 Å². The number of rotatable bonds is 5. The van der Waals surface area contributed by atoms with Gasteiger partial charge < -0.3 is 14.6 Å². The van der Waals surface area contributed by atoms with Crippen LogP contribution in [0.5, 0.6) is 5.75 Å². The fraction of sp³-hybridized carbons (Fsp3) is 0.381. The molecule has 0 radical (unpaired) electrons. The summed E-state index contributed by atoms with van der Waals surface area (Å²) in [4.78, 5) is 39.2. The first-order valence-electron chi connectivity index (χ1n) is 9.45. The monoisotopic (exact) mass is 413 g/mol. The molecule has 3 amide bonds. The van der Waals surface area contributed by atoms with Crippen LogP contribution in [0, 0.1) is 13.8 Å². The summed E-state index contributed by atoms with van der Waals surface area (Å²) < 4.78 is 7.18. The predicted octanol–water partition coefficient (Wildman–Crippen LogP) is 2.71. The molecule has 1 aromatic carbocycles. The number of ether oxygens (including phenoxy) is 1. The van der Waals surface area contributed by atoms with Crippen LogP contribution in [0.2, 0.25) is 0 Å². The Morgan fingerprint density at radius 3 is 2.59 bits per heavy atom. The van der Waals surface area contributed by atoms with Crippen molar-refractivity contribution >= 4 is 29.5 Å². The first-order chi connectivity index (χ1) is 13.9. The number of hydrogen-bond acceptors (Lipinski definition) is 5. The number of aromatic nitrogens is 1. The topological polar surface area (TPSA) is 80.6 Å². The van der Waals surface area contributed by atoms with Crippen molar-refractivity contribution < 1.29 is 19.1 Å². The highest BCUT2D eigenvalue weighted by molar-refractivity contribution is 7.99. The third-order valence-electron chi connectivity index (χ3n) is 5.63. The second-order valence-electron chi connectivity index (χ2n) is 7.45. The average Bonchev–Trinajstić information content (AvgIpc) is 3.36. The van der Waals surface area contributed by atoms with E-state index in [1.54, 1.807) is 18.9 Å². The number of nitrogens with one attached hydrogen (secondary N) is 1. The Labute approximate surface area is 173 Å².